The van der Waals surface area contributed by atoms with Crippen molar-refractivity contribution in [3.8, 4) is 16.9 Å². The number of carbonyl (C=O) groups excluding carboxylic acids is 3. The molecule has 0 aromatic heterocycles. The molecule has 31 heavy (non-hydrogen) atoms. The first-order valence-electron chi connectivity index (χ1n) is 10.3. The molecular formula is C23H26N4O4. The van der Waals surface area contributed by atoms with Crippen LogP contribution in [-0.4, -0.2) is 54.5 Å². The van der Waals surface area contributed by atoms with Crippen molar-refractivity contribution in [3.63, 3.8) is 0 Å². The Balaban J connectivity index is 1.61. The van der Waals surface area contributed by atoms with Gasteiger partial charge in [0.1, 0.15) is 11.8 Å². The number of urea groups is 1. The second-order valence-corrected chi connectivity index (χ2v) is 8.09. The van der Waals surface area contributed by atoms with Crippen molar-refractivity contribution in [1.29, 1.82) is 0 Å². The maximum atomic E-state index is 13.3. The number of fused-ring (bicyclic) bond motifs is 2. The van der Waals surface area contributed by atoms with Gasteiger partial charge in [0.05, 0.1) is 24.4 Å². The highest BCUT2D eigenvalue weighted by atomic mass is 16.5. The Kier molecular flexibility index (Phi) is 5.54. The van der Waals surface area contributed by atoms with Crippen LogP contribution in [0.15, 0.2) is 42.5 Å². The van der Waals surface area contributed by atoms with Crippen LogP contribution in [0.4, 0.5) is 10.5 Å². The van der Waals surface area contributed by atoms with Gasteiger partial charge in [0.2, 0.25) is 5.91 Å². The Hall–Kier alpha value is -3.55. The van der Waals surface area contributed by atoms with E-state index in [2.05, 4.69) is 16.0 Å². The minimum absolute atomic E-state index is 0.0253. The van der Waals surface area contributed by atoms with Crippen LogP contribution in [0, 0.1) is 0 Å². The van der Waals surface area contributed by atoms with Crippen molar-refractivity contribution >= 4 is 23.5 Å². The molecule has 0 radical (unpaired) electrons. The standard InChI is InChI=1S/C23H26N4O4/c1-13(2)24-23(30)26-19-10-11-27-20(19)21(28)25-18-9-6-15(12-17(18)22(27)29)14-4-7-16(31-3)8-5-14/h4-9,12-13,19-20H,10-11H2,1-3H3,(H,25,28)(H2,24,26,30)/t19-,20-/m0/s1. The van der Waals surface area contributed by atoms with Crippen LogP contribution in [0.3, 0.4) is 0 Å². The molecule has 4 amide bonds. The topological polar surface area (TPSA) is 99.8 Å². The van der Waals surface area contributed by atoms with E-state index in [1.54, 1.807) is 24.1 Å². The molecule has 8 nitrogen and oxygen atoms in total. The van der Waals surface area contributed by atoms with Gasteiger partial charge < -0.3 is 25.6 Å². The summed E-state index contributed by atoms with van der Waals surface area (Å²) in [5.41, 5.74) is 2.73. The van der Waals surface area contributed by atoms with E-state index in [4.69, 9.17) is 4.74 Å². The first-order valence-corrected chi connectivity index (χ1v) is 10.3. The van der Waals surface area contributed by atoms with E-state index < -0.39 is 12.1 Å². The molecule has 0 unspecified atom stereocenters. The van der Waals surface area contributed by atoms with Crippen LogP contribution in [0.5, 0.6) is 5.75 Å². The summed E-state index contributed by atoms with van der Waals surface area (Å²) in [6, 6.07) is 11.4. The van der Waals surface area contributed by atoms with Crippen molar-refractivity contribution in [2.45, 2.75) is 38.4 Å². The van der Waals surface area contributed by atoms with Crippen LogP contribution in [0.2, 0.25) is 0 Å². The average Bonchev–Trinajstić information content (AvgIpc) is 3.12. The minimum Gasteiger partial charge on any atom is -0.497 e. The molecule has 0 bridgehead atoms. The number of hydrogen-bond donors (Lipinski definition) is 3. The summed E-state index contributed by atoms with van der Waals surface area (Å²) in [6.07, 6.45) is 0.517. The third kappa shape index (κ3) is 4.05. The highest BCUT2D eigenvalue weighted by Crippen LogP contribution is 2.32. The molecule has 2 aliphatic heterocycles. The molecule has 0 saturated carbocycles. The van der Waals surface area contributed by atoms with E-state index in [0.717, 1.165) is 16.9 Å². The van der Waals surface area contributed by atoms with Gasteiger partial charge in [0, 0.05) is 12.6 Å². The smallest absolute Gasteiger partial charge is 0.315 e. The normalized spacial score (nSPS) is 19.9. The number of nitrogens with one attached hydrogen (secondary N) is 3. The van der Waals surface area contributed by atoms with Crippen molar-refractivity contribution in [2.75, 3.05) is 19.0 Å². The Morgan fingerprint density at radius 1 is 1.13 bits per heavy atom. The number of methoxy groups -OCH3 is 1. The molecule has 0 aliphatic carbocycles. The zero-order chi connectivity index (χ0) is 22.1. The van der Waals surface area contributed by atoms with E-state index in [1.807, 2.05) is 44.2 Å². The lowest BCUT2D eigenvalue weighted by molar-refractivity contribution is -0.120. The molecule has 2 heterocycles. The van der Waals surface area contributed by atoms with Crippen molar-refractivity contribution in [3.05, 3.63) is 48.0 Å². The van der Waals surface area contributed by atoms with E-state index in [0.29, 0.717) is 24.2 Å². The number of ether oxygens (including phenoxy) is 1. The summed E-state index contributed by atoms with van der Waals surface area (Å²) >= 11 is 0. The van der Waals surface area contributed by atoms with Crippen molar-refractivity contribution in [1.82, 2.24) is 15.5 Å². The average molecular weight is 422 g/mol. The summed E-state index contributed by atoms with van der Waals surface area (Å²) in [4.78, 5) is 40.0. The third-order valence-electron chi connectivity index (χ3n) is 5.59. The highest BCUT2D eigenvalue weighted by molar-refractivity contribution is 6.11. The maximum absolute atomic E-state index is 13.3. The molecule has 8 heteroatoms. The summed E-state index contributed by atoms with van der Waals surface area (Å²) < 4.78 is 5.20. The first kappa shape index (κ1) is 20.7. The lowest BCUT2D eigenvalue weighted by atomic mass is 10.0. The lowest BCUT2D eigenvalue weighted by Gasteiger charge is -2.25. The highest BCUT2D eigenvalue weighted by Gasteiger charge is 2.45. The summed E-state index contributed by atoms with van der Waals surface area (Å²) in [6.45, 7) is 4.12. The third-order valence-corrected chi connectivity index (χ3v) is 5.59. The van der Waals surface area contributed by atoms with Crippen LogP contribution >= 0.6 is 0 Å². The summed E-state index contributed by atoms with van der Waals surface area (Å²) in [5, 5.41) is 8.48. The van der Waals surface area contributed by atoms with Gasteiger partial charge in [-0.05, 0) is 55.7 Å². The summed E-state index contributed by atoms with van der Waals surface area (Å²) in [5.74, 6) is 0.237. The molecule has 3 N–H and O–H groups in total. The van der Waals surface area contributed by atoms with Gasteiger partial charge in [0.25, 0.3) is 5.91 Å². The number of nitrogens with zero attached hydrogens (tertiary/aromatic N) is 1. The van der Waals surface area contributed by atoms with Crippen LogP contribution in [-0.2, 0) is 4.79 Å². The molecule has 4 rings (SSSR count). The quantitative estimate of drug-likeness (QED) is 0.705. The van der Waals surface area contributed by atoms with E-state index >= 15 is 0 Å². The van der Waals surface area contributed by atoms with Crippen LogP contribution in [0.25, 0.3) is 11.1 Å². The van der Waals surface area contributed by atoms with Gasteiger partial charge >= 0.3 is 6.03 Å². The maximum Gasteiger partial charge on any atom is 0.315 e. The summed E-state index contributed by atoms with van der Waals surface area (Å²) in [7, 11) is 1.61. The molecule has 162 valence electrons. The van der Waals surface area contributed by atoms with Crippen LogP contribution in [0.1, 0.15) is 30.6 Å². The fraction of sp³-hybridized carbons (Fsp3) is 0.348. The second kappa shape index (κ2) is 8.29. The van der Waals surface area contributed by atoms with Crippen molar-refractivity contribution in [2.24, 2.45) is 0 Å². The van der Waals surface area contributed by atoms with Gasteiger partial charge in [-0.3, -0.25) is 9.59 Å². The van der Waals surface area contributed by atoms with Gasteiger partial charge in [-0.1, -0.05) is 18.2 Å². The molecule has 2 atom stereocenters. The molecule has 0 spiro atoms. The SMILES string of the molecule is COc1ccc(-c2ccc3c(c2)C(=O)N2CC[C@H](NC(=O)NC(C)C)[C@H]2C(=O)N3)cc1. The number of hydrogen-bond acceptors (Lipinski definition) is 4. The van der Waals surface area contributed by atoms with Crippen LogP contribution < -0.4 is 20.7 Å². The van der Waals surface area contributed by atoms with Gasteiger partial charge in [-0.15, -0.1) is 0 Å². The lowest BCUT2D eigenvalue weighted by Crippen LogP contribution is -2.54. The predicted octanol–water partition coefficient (Wildman–Crippen LogP) is 2.61. The van der Waals surface area contributed by atoms with E-state index in [-0.39, 0.29) is 23.9 Å². The Labute approximate surface area is 180 Å². The Morgan fingerprint density at radius 3 is 2.52 bits per heavy atom. The molecule has 2 aromatic carbocycles. The molecule has 2 aliphatic rings. The second-order valence-electron chi connectivity index (χ2n) is 8.09. The number of amides is 4. The molecule has 1 saturated heterocycles. The van der Waals surface area contributed by atoms with Gasteiger partial charge in [-0.25, -0.2) is 4.79 Å². The molecule has 2 aromatic rings. The fourth-order valence-corrected chi connectivity index (χ4v) is 4.12. The largest absolute Gasteiger partial charge is 0.497 e. The van der Waals surface area contributed by atoms with E-state index in [9.17, 15) is 14.4 Å². The Bertz CT molecular complexity index is 1020. The fourth-order valence-electron chi connectivity index (χ4n) is 4.12. The first-order chi connectivity index (χ1) is 14.9. The number of carbonyl (C=O) groups is 3. The van der Waals surface area contributed by atoms with E-state index in [1.165, 1.54) is 0 Å². The van der Waals surface area contributed by atoms with Gasteiger partial charge in [-0.2, -0.15) is 0 Å². The minimum atomic E-state index is -0.748. The predicted molar refractivity (Wildman–Crippen MR) is 117 cm³/mol. The molecule has 1 fully saturated rings. The zero-order valence-electron chi connectivity index (χ0n) is 17.8. The number of rotatable bonds is 4. The Morgan fingerprint density at radius 2 is 1.84 bits per heavy atom. The zero-order valence-corrected chi connectivity index (χ0v) is 17.8. The van der Waals surface area contributed by atoms with Gasteiger partial charge in [0.15, 0.2) is 0 Å². The number of benzene rings is 2. The van der Waals surface area contributed by atoms with Crippen molar-refractivity contribution < 1.29 is 19.1 Å². The number of anilines is 1. The molecular weight excluding hydrogens is 396 g/mol. The monoisotopic (exact) mass is 422 g/mol.